The highest BCUT2D eigenvalue weighted by atomic mass is 16.5. The van der Waals surface area contributed by atoms with E-state index in [9.17, 15) is 0 Å². The van der Waals surface area contributed by atoms with Crippen molar-refractivity contribution in [3.63, 3.8) is 0 Å². The lowest BCUT2D eigenvalue weighted by atomic mass is 10.1. The largest absolute Gasteiger partial charge is 0.467 e. The Morgan fingerprint density at radius 3 is 2.50 bits per heavy atom. The van der Waals surface area contributed by atoms with Gasteiger partial charge in [-0.1, -0.05) is 42.5 Å². The van der Waals surface area contributed by atoms with Crippen LogP contribution in [0.5, 0.6) is 0 Å². The smallest absolute Gasteiger partial charge is 0.219 e. The van der Waals surface area contributed by atoms with Gasteiger partial charge in [-0.3, -0.25) is 0 Å². The summed E-state index contributed by atoms with van der Waals surface area (Å²) in [5.41, 5.74) is 8.64. The maximum absolute atomic E-state index is 5.92. The minimum atomic E-state index is 0.000746. The summed E-state index contributed by atoms with van der Waals surface area (Å²) in [7, 11) is 0. The third-order valence-electron chi connectivity index (χ3n) is 3.02. The van der Waals surface area contributed by atoms with Gasteiger partial charge in [0.15, 0.2) is 0 Å². The molecule has 2 aromatic rings. The summed E-state index contributed by atoms with van der Waals surface area (Å²) < 4.78 is 5.88. The number of hydrogen-bond donors (Lipinski definition) is 1. The van der Waals surface area contributed by atoms with Crippen LogP contribution in [0.4, 0.5) is 5.69 Å². The Bertz CT molecular complexity index is 578. The zero-order chi connectivity index (χ0) is 12.4. The van der Waals surface area contributed by atoms with E-state index in [1.807, 2.05) is 42.5 Å². The summed E-state index contributed by atoms with van der Waals surface area (Å²) in [6.07, 6.45) is 0.000746. The Morgan fingerprint density at radius 2 is 1.72 bits per heavy atom. The third kappa shape index (κ3) is 1.95. The molecule has 0 amide bonds. The highest BCUT2D eigenvalue weighted by Gasteiger charge is 2.23. The molecular weight excluding hydrogens is 224 g/mol. The second-order valence-electron chi connectivity index (χ2n) is 4.25. The van der Waals surface area contributed by atoms with E-state index in [2.05, 4.69) is 17.1 Å². The average Bonchev–Trinajstić information content (AvgIpc) is 2.90. The Morgan fingerprint density at radius 1 is 1.00 bits per heavy atom. The normalized spacial score (nSPS) is 18.2. The van der Waals surface area contributed by atoms with Gasteiger partial charge in [0.25, 0.3) is 0 Å². The maximum atomic E-state index is 5.92. The molecule has 18 heavy (non-hydrogen) atoms. The summed E-state index contributed by atoms with van der Waals surface area (Å²) in [5.74, 6) is 0.641. The number of ether oxygens (including phenoxy) is 1. The number of hydrogen-bond acceptors (Lipinski definition) is 3. The van der Waals surface area contributed by atoms with Crippen LogP contribution in [-0.2, 0) is 4.74 Å². The van der Waals surface area contributed by atoms with Gasteiger partial charge in [-0.2, -0.15) is 0 Å². The number of benzene rings is 2. The van der Waals surface area contributed by atoms with Crippen molar-refractivity contribution in [2.75, 3.05) is 12.3 Å². The molecule has 90 valence electrons. The molecular formula is C15H14N2O. The summed E-state index contributed by atoms with van der Waals surface area (Å²) in [6.45, 7) is 0.647. The predicted molar refractivity (Wildman–Crippen MR) is 72.5 cm³/mol. The first-order valence-corrected chi connectivity index (χ1v) is 5.95. The second-order valence-corrected chi connectivity index (χ2v) is 4.25. The molecule has 1 atom stereocenters. The van der Waals surface area contributed by atoms with Crippen molar-refractivity contribution < 1.29 is 4.74 Å². The second kappa shape index (κ2) is 4.53. The van der Waals surface area contributed by atoms with Crippen LogP contribution in [0, 0.1) is 0 Å². The van der Waals surface area contributed by atoms with Gasteiger partial charge in [0, 0.05) is 5.69 Å². The summed E-state index contributed by atoms with van der Waals surface area (Å²) in [4.78, 5) is 4.44. The fourth-order valence-electron chi connectivity index (χ4n) is 2.06. The molecule has 0 aromatic heterocycles. The van der Waals surface area contributed by atoms with Crippen molar-refractivity contribution in [3.05, 3.63) is 65.7 Å². The van der Waals surface area contributed by atoms with Gasteiger partial charge in [-0.25, -0.2) is 4.99 Å². The molecule has 2 N–H and O–H groups in total. The lowest BCUT2D eigenvalue weighted by molar-refractivity contribution is 0.230. The minimum Gasteiger partial charge on any atom is -0.467 e. The third-order valence-corrected chi connectivity index (χ3v) is 3.02. The van der Waals surface area contributed by atoms with Crippen molar-refractivity contribution in [1.29, 1.82) is 0 Å². The fourth-order valence-corrected chi connectivity index (χ4v) is 2.06. The molecule has 2 aromatic carbocycles. The molecule has 1 heterocycles. The molecule has 3 nitrogen and oxygen atoms in total. The van der Waals surface area contributed by atoms with E-state index < -0.39 is 0 Å². The van der Waals surface area contributed by atoms with E-state index in [0.717, 1.165) is 11.1 Å². The number of anilines is 1. The number of rotatable bonds is 2. The van der Waals surface area contributed by atoms with E-state index in [0.29, 0.717) is 18.1 Å². The minimum absolute atomic E-state index is 0.000746. The summed E-state index contributed by atoms with van der Waals surface area (Å²) in [5, 5.41) is 0. The van der Waals surface area contributed by atoms with Crippen molar-refractivity contribution in [3.8, 4) is 0 Å². The summed E-state index contributed by atoms with van der Waals surface area (Å²) in [6, 6.07) is 17.8. The highest BCUT2D eigenvalue weighted by molar-refractivity contribution is 5.99. The molecule has 0 saturated carbocycles. The number of nitrogens with zero attached hydrogens (tertiary/aromatic N) is 1. The molecule has 1 aliphatic rings. The lowest BCUT2D eigenvalue weighted by Gasteiger charge is -2.12. The highest BCUT2D eigenvalue weighted by Crippen LogP contribution is 2.26. The van der Waals surface area contributed by atoms with Gasteiger partial charge in [-0.05, 0) is 17.7 Å². The van der Waals surface area contributed by atoms with Gasteiger partial charge >= 0.3 is 0 Å². The Kier molecular flexibility index (Phi) is 2.73. The van der Waals surface area contributed by atoms with Crippen LogP contribution < -0.4 is 5.73 Å². The molecule has 0 fully saturated rings. The topological polar surface area (TPSA) is 47.6 Å². The molecule has 1 unspecified atom stereocenters. The van der Waals surface area contributed by atoms with Crippen LogP contribution in [-0.4, -0.2) is 12.4 Å². The van der Waals surface area contributed by atoms with Crippen LogP contribution in [0.3, 0.4) is 0 Å². The van der Waals surface area contributed by atoms with E-state index in [4.69, 9.17) is 10.5 Å². The Labute approximate surface area is 106 Å². The van der Waals surface area contributed by atoms with E-state index in [1.54, 1.807) is 0 Å². The molecule has 1 aliphatic heterocycles. The summed E-state index contributed by atoms with van der Waals surface area (Å²) >= 11 is 0. The molecule has 3 rings (SSSR count). The van der Waals surface area contributed by atoms with Crippen LogP contribution in [0.1, 0.15) is 17.2 Å². The van der Waals surface area contributed by atoms with Gasteiger partial charge in [0.05, 0.1) is 12.1 Å². The zero-order valence-electron chi connectivity index (χ0n) is 9.91. The molecule has 0 spiro atoms. The number of nitrogen functional groups attached to an aromatic ring is 1. The van der Waals surface area contributed by atoms with Crippen LogP contribution in [0.15, 0.2) is 59.6 Å². The first-order valence-electron chi connectivity index (χ1n) is 5.95. The fraction of sp³-hybridized carbons (Fsp3) is 0.133. The maximum Gasteiger partial charge on any atom is 0.219 e. The van der Waals surface area contributed by atoms with Crippen molar-refractivity contribution in [1.82, 2.24) is 0 Å². The van der Waals surface area contributed by atoms with Gasteiger partial charge in [0.1, 0.15) is 6.10 Å². The molecule has 0 bridgehead atoms. The van der Waals surface area contributed by atoms with Gasteiger partial charge < -0.3 is 10.5 Å². The molecule has 0 radical (unpaired) electrons. The van der Waals surface area contributed by atoms with E-state index in [1.165, 1.54) is 0 Å². The quantitative estimate of drug-likeness (QED) is 0.818. The van der Waals surface area contributed by atoms with Gasteiger partial charge in [0.2, 0.25) is 5.90 Å². The van der Waals surface area contributed by atoms with Gasteiger partial charge in [-0.15, -0.1) is 0 Å². The number of aliphatic imine (C=N–C) groups is 1. The molecule has 3 heteroatoms. The monoisotopic (exact) mass is 238 g/mol. The van der Waals surface area contributed by atoms with Crippen molar-refractivity contribution >= 4 is 11.6 Å². The first kappa shape index (κ1) is 10.8. The lowest BCUT2D eigenvalue weighted by Crippen LogP contribution is -2.08. The number of para-hydroxylation sites is 1. The SMILES string of the molecule is Nc1ccccc1C1=NCC(c2ccccc2)O1. The molecule has 0 aliphatic carbocycles. The van der Waals surface area contributed by atoms with E-state index >= 15 is 0 Å². The van der Waals surface area contributed by atoms with E-state index in [-0.39, 0.29) is 6.10 Å². The van der Waals surface area contributed by atoms with Crippen molar-refractivity contribution in [2.24, 2.45) is 4.99 Å². The average molecular weight is 238 g/mol. The standard InChI is InChI=1S/C15H14N2O/c16-13-9-5-4-8-12(13)15-17-10-14(18-15)11-6-2-1-3-7-11/h1-9,14H,10,16H2. The Hall–Kier alpha value is -2.29. The Balaban J connectivity index is 1.82. The van der Waals surface area contributed by atoms with Crippen molar-refractivity contribution in [2.45, 2.75) is 6.10 Å². The molecule has 0 saturated heterocycles. The zero-order valence-corrected chi connectivity index (χ0v) is 9.91. The predicted octanol–water partition coefficient (Wildman–Crippen LogP) is 2.79. The number of nitrogens with two attached hydrogens (primary N) is 1. The first-order chi connectivity index (χ1) is 8.84. The van der Waals surface area contributed by atoms with Crippen LogP contribution in [0.25, 0.3) is 0 Å². The van der Waals surface area contributed by atoms with Crippen LogP contribution >= 0.6 is 0 Å². The van der Waals surface area contributed by atoms with Crippen LogP contribution in [0.2, 0.25) is 0 Å².